The molecule has 2 aromatic heterocycles. The number of rotatable bonds is 6. The van der Waals surface area contributed by atoms with Gasteiger partial charge in [0.05, 0.1) is 29.9 Å². The summed E-state index contributed by atoms with van der Waals surface area (Å²) < 4.78 is 2.10. The third-order valence-corrected chi connectivity index (χ3v) is 6.35. The van der Waals surface area contributed by atoms with Crippen molar-refractivity contribution in [1.29, 1.82) is 0 Å². The molecule has 0 unspecified atom stereocenters. The highest BCUT2D eigenvalue weighted by Gasteiger charge is 2.40. The highest BCUT2D eigenvalue weighted by molar-refractivity contribution is 7.07. The summed E-state index contributed by atoms with van der Waals surface area (Å²) in [4.78, 5) is 21.9. The fourth-order valence-corrected chi connectivity index (χ4v) is 4.83. The molecule has 0 aromatic carbocycles. The summed E-state index contributed by atoms with van der Waals surface area (Å²) in [5, 5.41) is 6.58. The van der Waals surface area contributed by atoms with Crippen LogP contribution in [-0.4, -0.2) is 49.6 Å². The van der Waals surface area contributed by atoms with E-state index in [-0.39, 0.29) is 5.92 Å². The van der Waals surface area contributed by atoms with Crippen LogP contribution in [0.5, 0.6) is 0 Å². The second-order valence-corrected chi connectivity index (χ2v) is 8.27. The molecule has 1 amide bonds. The molecule has 0 saturated carbocycles. The maximum absolute atomic E-state index is 12.9. The lowest BCUT2D eigenvalue weighted by Crippen LogP contribution is -2.47. The number of amides is 1. The van der Waals surface area contributed by atoms with Gasteiger partial charge in [-0.15, -0.1) is 11.3 Å². The number of thiazole rings is 1. The van der Waals surface area contributed by atoms with Crippen molar-refractivity contribution in [1.82, 2.24) is 24.6 Å². The van der Waals surface area contributed by atoms with E-state index in [9.17, 15) is 4.79 Å². The topological polar surface area (TPSA) is 54.3 Å². The molecule has 2 aromatic rings. The molecule has 5 heterocycles. The summed E-state index contributed by atoms with van der Waals surface area (Å²) in [7, 11) is 0. The number of hydrogen-bond acceptors (Lipinski definition) is 5. The first-order valence-corrected chi connectivity index (χ1v) is 10.5. The Morgan fingerprint density at radius 2 is 2.15 bits per heavy atom. The number of nitrogens with zero attached hydrogens (tertiary/aromatic N) is 5. The van der Waals surface area contributed by atoms with E-state index in [1.54, 1.807) is 11.3 Å². The summed E-state index contributed by atoms with van der Waals surface area (Å²) in [5.74, 6) is 0.438. The molecule has 3 fully saturated rings. The van der Waals surface area contributed by atoms with Crippen LogP contribution in [0.1, 0.15) is 43.1 Å². The zero-order valence-electron chi connectivity index (χ0n) is 15.6. The Hall–Kier alpha value is -1.73. The van der Waals surface area contributed by atoms with Gasteiger partial charge in [-0.05, 0) is 26.2 Å². The number of carbonyl (C=O) groups is 1. The number of carbonyl (C=O) groups excluding carboxylic acids is 1. The smallest absolute Gasteiger partial charge is 0.227 e. The molecule has 2 atom stereocenters. The maximum Gasteiger partial charge on any atom is 0.227 e. The lowest BCUT2D eigenvalue weighted by molar-refractivity contribution is -0.140. The van der Waals surface area contributed by atoms with Crippen LogP contribution in [0, 0.1) is 12.8 Å². The Balaban J connectivity index is 1.48. The van der Waals surface area contributed by atoms with Crippen molar-refractivity contribution >= 4 is 17.2 Å². The van der Waals surface area contributed by atoms with Gasteiger partial charge in [0.15, 0.2) is 0 Å². The van der Waals surface area contributed by atoms with Gasteiger partial charge in [0, 0.05) is 48.9 Å². The van der Waals surface area contributed by atoms with Gasteiger partial charge < -0.3 is 4.90 Å². The average Bonchev–Trinajstić information content (AvgIpc) is 3.17. The van der Waals surface area contributed by atoms with Gasteiger partial charge >= 0.3 is 0 Å². The highest BCUT2D eigenvalue weighted by atomic mass is 32.1. The van der Waals surface area contributed by atoms with E-state index in [0.717, 1.165) is 51.1 Å². The van der Waals surface area contributed by atoms with E-state index in [1.807, 2.05) is 11.7 Å². The molecule has 7 heteroatoms. The predicted octanol–water partition coefficient (Wildman–Crippen LogP) is 2.68. The van der Waals surface area contributed by atoms with Gasteiger partial charge in [-0.3, -0.25) is 14.4 Å². The van der Waals surface area contributed by atoms with E-state index in [1.165, 1.54) is 11.3 Å². The van der Waals surface area contributed by atoms with E-state index >= 15 is 0 Å². The van der Waals surface area contributed by atoms with Crippen LogP contribution < -0.4 is 0 Å². The first kappa shape index (κ1) is 17.7. The minimum absolute atomic E-state index is 0.123. The van der Waals surface area contributed by atoms with Crippen LogP contribution in [-0.2, 0) is 24.4 Å². The summed E-state index contributed by atoms with van der Waals surface area (Å²) in [5.41, 5.74) is 5.41. The molecule has 3 aliphatic heterocycles. The maximum atomic E-state index is 12.9. The van der Waals surface area contributed by atoms with Crippen LogP contribution in [0.2, 0.25) is 0 Å². The van der Waals surface area contributed by atoms with Gasteiger partial charge in [-0.2, -0.15) is 5.10 Å². The Bertz CT molecular complexity index is 756. The summed E-state index contributed by atoms with van der Waals surface area (Å²) in [6.07, 6.45) is 5.22. The molecule has 3 aliphatic rings. The number of fused-ring (bicyclic) bond motifs is 4. The number of aromatic nitrogens is 3. The molecule has 0 N–H and O–H groups in total. The quantitative estimate of drug-likeness (QED) is 0.781. The first-order chi connectivity index (χ1) is 12.7. The zero-order chi connectivity index (χ0) is 18.1. The van der Waals surface area contributed by atoms with Gasteiger partial charge in [0.1, 0.15) is 0 Å². The van der Waals surface area contributed by atoms with Crippen molar-refractivity contribution in [3.8, 4) is 0 Å². The second-order valence-electron chi connectivity index (χ2n) is 7.55. The number of aryl methyl sites for hydroxylation is 1. The highest BCUT2D eigenvalue weighted by Crippen LogP contribution is 2.31. The minimum Gasteiger partial charge on any atom is -0.332 e. The SMILES string of the molecule is CCCn1ncc(CN2C[C@@H]3CC[C@H](C2)N(Cc2cscn2)C3=O)c1C. The van der Waals surface area contributed by atoms with Crippen LogP contribution in [0.25, 0.3) is 0 Å². The fourth-order valence-electron chi connectivity index (χ4n) is 4.28. The molecule has 3 saturated heterocycles. The van der Waals surface area contributed by atoms with E-state index in [4.69, 9.17) is 0 Å². The molecule has 0 aliphatic carbocycles. The summed E-state index contributed by atoms with van der Waals surface area (Å²) in [6.45, 7) is 8.66. The Morgan fingerprint density at radius 1 is 1.27 bits per heavy atom. The third-order valence-electron chi connectivity index (χ3n) is 5.72. The van der Waals surface area contributed by atoms with Crippen molar-refractivity contribution in [2.45, 2.75) is 58.8 Å². The lowest BCUT2D eigenvalue weighted by atomic mass is 9.94. The normalized spacial score (nSPS) is 23.6. The molecule has 0 spiro atoms. The Kier molecular flexibility index (Phi) is 5.09. The number of hydrogen-bond donors (Lipinski definition) is 0. The predicted molar refractivity (Wildman–Crippen MR) is 102 cm³/mol. The van der Waals surface area contributed by atoms with Crippen molar-refractivity contribution in [3.05, 3.63) is 34.0 Å². The fraction of sp³-hybridized carbons (Fsp3) is 0.632. The Morgan fingerprint density at radius 3 is 2.92 bits per heavy atom. The van der Waals surface area contributed by atoms with Crippen molar-refractivity contribution in [3.63, 3.8) is 0 Å². The molecule has 6 nitrogen and oxygen atoms in total. The largest absolute Gasteiger partial charge is 0.332 e. The minimum atomic E-state index is 0.123. The zero-order valence-corrected chi connectivity index (χ0v) is 16.4. The monoisotopic (exact) mass is 373 g/mol. The van der Waals surface area contributed by atoms with Gasteiger partial charge in [0.2, 0.25) is 5.91 Å². The Labute approximate surface area is 158 Å². The van der Waals surface area contributed by atoms with Crippen molar-refractivity contribution in [2.24, 2.45) is 5.92 Å². The lowest BCUT2D eigenvalue weighted by Gasteiger charge is -2.35. The van der Waals surface area contributed by atoms with Crippen molar-refractivity contribution < 1.29 is 4.79 Å². The summed E-state index contributed by atoms with van der Waals surface area (Å²) in [6, 6.07) is 0.300. The molecular formula is C19H27N5OS. The molecular weight excluding hydrogens is 346 g/mol. The van der Waals surface area contributed by atoms with E-state index in [0.29, 0.717) is 18.5 Å². The molecule has 140 valence electrons. The number of piperidine rings is 1. The van der Waals surface area contributed by atoms with Gasteiger partial charge in [-0.1, -0.05) is 6.92 Å². The standard InChI is InChI=1S/C19H27N5OS/c1-3-6-24-14(2)16(7-21-24)9-22-8-15-4-5-18(11-22)23(19(15)25)10-17-12-26-13-20-17/h7,12-13,15,18H,3-6,8-11H2,1-2H3/t15-,18+/m0/s1. The van der Waals surface area contributed by atoms with Crippen molar-refractivity contribution in [2.75, 3.05) is 13.1 Å². The van der Waals surface area contributed by atoms with Gasteiger partial charge in [-0.25, -0.2) is 4.98 Å². The third kappa shape index (κ3) is 3.42. The second kappa shape index (κ2) is 7.48. The van der Waals surface area contributed by atoms with E-state index in [2.05, 4.69) is 43.8 Å². The van der Waals surface area contributed by atoms with Crippen LogP contribution >= 0.6 is 11.3 Å². The van der Waals surface area contributed by atoms with Crippen LogP contribution in [0.3, 0.4) is 0 Å². The average molecular weight is 374 g/mol. The molecule has 0 radical (unpaired) electrons. The first-order valence-electron chi connectivity index (χ1n) is 9.57. The summed E-state index contributed by atoms with van der Waals surface area (Å²) >= 11 is 1.60. The molecule has 26 heavy (non-hydrogen) atoms. The molecule has 2 bridgehead atoms. The van der Waals surface area contributed by atoms with Crippen LogP contribution in [0.15, 0.2) is 17.1 Å². The van der Waals surface area contributed by atoms with Gasteiger partial charge in [0.25, 0.3) is 0 Å². The van der Waals surface area contributed by atoms with E-state index < -0.39 is 0 Å². The van der Waals surface area contributed by atoms with Crippen LogP contribution in [0.4, 0.5) is 0 Å². The molecule has 5 rings (SSSR count).